The molecule has 198 valence electrons. The minimum atomic E-state index is -3.83. The van der Waals surface area contributed by atoms with Crippen LogP contribution in [0.15, 0.2) is 72.9 Å². The van der Waals surface area contributed by atoms with Crippen molar-refractivity contribution in [1.82, 2.24) is 9.88 Å². The van der Waals surface area contributed by atoms with E-state index in [1.165, 1.54) is 15.4 Å². The number of rotatable bonds is 6. The van der Waals surface area contributed by atoms with Crippen molar-refractivity contribution in [1.29, 1.82) is 0 Å². The SMILES string of the molecule is O=C(O)C[C@@H]1O[C@H](c2cccc(Cl)c2)[C@@H](c2ccc(Cl)cc2)N([C@@H]2CN(c3ccccn3)S(=O)(=O)C2)C1=O. The predicted molar refractivity (Wildman–Crippen MR) is 142 cm³/mol. The van der Waals surface area contributed by atoms with Gasteiger partial charge in [-0.15, -0.1) is 0 Å². The van der Waals surface area contributed by atoms with Crippen LogP contribution < -0.4 is 4.31 Å². The summed E-state index contributed by atoms with van der Waals surface area (Å²) in [6.45, 7) is -0.0444. The lowest BCUT2D eigenvalue weighted by molar-refractivity contribution is -0.182. The molecule has 1 N–H and O–H groups in total. The standard InChI is InChI=1S/C26H23Cl2N3O6S/c27-18-9-7-16(8-10-18)24-25(17-4-3-5-19(28)12-17)37-21(13-23(32)33)26(34)31(24)20-14-30(38(35,36)15-20)22-6-1-2-11-29-22/h1-12,20-21,24-25H,13-15H2,(H,32,33)/t20-,21+,24-,25-/m1/s1. The van der Waals surface area contributed by atoms with Gasteiger partial charge in [0.25, 0.3) is 5.91 Å². The second-order valence-electron chi connectivity index (χ2n) is 9.09. The molecule has 0 unspecified atom stereocenters. The fourth-order valence-corrected chi connectivity index (χ4v) is 7.05. The summed E-state index contributed by atoms with van der Waals surface area (Å²) in [6, 6.07) is 17.1. The van der Waals surface area contributed by atoms with Gasteiger partial charge in [-0.1, -0.05) is 53.5 Å². The maximum atomic E-state index is 13.9. The molecule has 0 radical (unpaired) electrons. The Kier molecular flexibility index (Phi) is 7.32. The summed E-state index contributed by atoms with van der Waals surface area (Å²) in [6.07, 6.45) is -1.24. The van der Waals surface area contributed by atoms with Crippen LogP contribution in [0, 0.1) is 0 Å². The molecule has 0 aliphatic carbocycles. The predicted octanol–water partition coefficient (Wildman–Crippen LogP) is 4.09. The fraction of sp³-hybridized carbons (Fsp3) is 0.269. The largest absolute Gasteiger partial charge is 0.481 e. The Morgan fingerprint density at radius 2 is 1.79 bits per heavy atom. The molecule has 4 atom stereocenters. The van der Waals surface area contributed by atoms with Crippen molar-refractivity contribution in [2.75, 3.05) is 16.6 Å². The summed E-state index contributed by atoms with van der Waals surface area (Å²) in [5, 5.41) is 10.4. The Morgan fingerprint density at radius 1 is 1.03 bits per heavy atom. The van der Waals surface area contributed by atoms with E-state index >= 15 is 0 Å². The lowest BCUT2D eigenvalue weighted by Crippen LogP contribution is -2.56. The zero-order valence-corrected chi connectivity index (χ0v) is 22.2. The van der Waals surface area contributed by atoms with Gasteiger partial charge in [0.05, 0.1) is 30.8 Å². The number of carbonyl (C=O) groups is 2. The molecule has 1 aromatic heterocycles. The Balaban J connectivity index is 1.63. The van der Waals surface area contributed by atoms with Gasteiger partial charge in [-0.05, 0) is 47.5 Å². The molecule has 2 saturated heterocycles. The lowest BCUT2D eigenvalue weighted by atomic mass is 9.90. The van der Waals surface area contributed by atoms with Crippen molar-refractivity contribution in [3.8, 4) is 0 Å². The van der Waals surface area contributed by atoms with Crippen molar-refractivity contribution >= 4 is 50.9 Å². The number of nitrogens with zero attached hydrogens (tertiary/aromatic N) is 3. The quantitative estimate of drug-likeness (QED) is 0.470. The highest BCUT2D eigenvalue weighted by atomic mass is 35.5. The minimum Gasteiger partial charge on any atom is -0.481 e. The van der Waals surface area contributed by atoms with E-state index < -0.39 is 52.6 Å². The zero-order valence-electron chi connectivity index (χ0n) is 19.9. The lowest BCUT2D eigenvalue weighted by Gasteiger charge is -2.47. The maximum absolute atomic E-state index is 13.9. The molecule has 5 rings (SSSR count). The van der Waals surface area contributed by atoms with E-state index in [-0.39, 0.29) is 18.1 Å². The Hall–Kier alpha value is -3.18. The number of pyridine rings is 1. The van der Waals surface area contributed by atoms with Gasteiger partial charge in [-0.25, -0.2) is 13.4 Å². The molecule has 12 heteroatoms. The van der Waals surface area contributed by atoms with Crippen molar-refractivity contribution in [2.24, 2.45) is 0 Å². The molecule has 3 aromatic rings. The van der Waals surface area contributed by atoms with E-state index in [9.17, 15) is 23.1 Å². The highest BCUT2D eigenvalue weighted by Crippen LogP contribution is 2.45. The van der Waals surface area contributed by atoms with Gasteiger partial charge < -0.3 is 14.7 Å². The third-order valence-corrected chi connectivity index (χ3v) is 8.89. The molecule has 38 heavy (non-hydrogen) atoms. The summed E-state index contributed by atoms with van der Waals surface area (Å²) >= 11 is 12.4. The van der Waals surface area contributed by atoms with Crippen LogP contribution in [-0.2, 0) is 24.3 Å². The number of aromatic nitrogens is 1. The highest BCUT2D eigenvalue weighted by molar-refractivity contribution is 7.93. The van der Waals surface area contributed by atoms with Gasteiger partial charge in [0.1, 0.15) is 18.0 Å². The average molecular weight is 576 g/mol. The Bertz CT molecular complexity index is 1460. The number of morpholine rings is 1. The van der Waals surface area contributed by atoms with Crippen molar-refractivity contribution in [2.45, 2.75) is 30.7 Å². The number of benzene rings is 2. The van der Waals surface area contributed by atoms with Crippen molar-refractivity contribution in [3.63, 3.8) is 0 Å². The minimum absolute atomic E-state index is 0.0444. The van der Waals surface area contributed by atoms with Crippen molar-refractivity contribution < 1.29 is 27.9 Å². The van der Waals surface area contributed by atoms with E-state index in [2.05, 4.69) is 4.98 Å². The van der Waals surface area contributed by atoms with E-state index in [1.54, 1.807) is 66.7 Å². The number of halogens is 2. The third-order valence-electron chi connectivity index (χ3n) is 6.59. The number of carboxylic acid groups (broad SMARTS) is 1. The van der Waals surface area contributed by atoms with Crippen LogP contribution in [0.5, 0.6) is 0 Å². The number of carboxylic acids is 1. The first-order chi connectivity index (χ1) is 18.1. The number of carbonyl (C=O) groups excluding carboxylic acids is 1. The van der Waals surface area contributed by atoms with Crippen LogP contribution >= 0.6 is 23.2 Å². The van der Waals surface area contributed by atoms with Crippen LogP contribution in [0.3, 0.4) is 0 Å². The number of amides is 1. The second kappa shape index (κ2) is 10.5. The van der Waals surface area contributed by atoms with E-state index in [0.717, 1.165) is 0 Å². The first-order valence-corrected chi connectivity index (χ1v) is 14.1. The van der Waals surface area contributed by atoms with Crippen LogP contribution in [0.25, 0.3) is 0 Å². The maximum Gasteiger partial charge on any atom is 0.306 e. The van der Waals surface area contributed by atoms with Crippen molar-refractivity contribution in [3.05, 3.63) is 94.1 Å². The molecular formula is C26H23Cl2N3O6S. The molecule has 9 nitrogen and oxygen atoms in total. The first-order valence-electron chi connectivity index (χ1n) is 11.8. The molecule has 0 bridgehead atoms. The monoisotopic (exact) mass is 575 g/mol. The Morgan fingerprint density at radius 3 is 2.45 bits per heavy atom. The molecule has 2 fully saturated rings. The highest BCUT2D eigenvalue weighted by Gasteiger charge is 2.51. The van der Waals surface area contributed by atoms with Gasteiger partial charge in [-0.3, -0.25) is 13.9 Å². The average Bonchev–Trinajstić information content (AvgIpc) is 3.20. The number of sulfonamides is 1. The van der Waals surface area contributed by atoms with Gasteiger partial charge >= 0.3 is 5.97 Å². The van der Waals surface area contributed by atoms with Gasteiger partial charge in [0, 0.05) is 16.2 Å². The topological polar surface area (TPSA) is 117 Å². The third kappa shape index (κ3) is 5.22. The zero-order chi connectivity index (χ0) is 27.0. The molecule has 0 spiro atoms. The smallest absolute Gasteiger partial charge is 0.306 e. The van der Waals surface area contributed by atoms with Crippen LogP contribution in [0.1, 0.15) is 29.7 Å². The number of hydrogen-bond acceptors (Lipinski definition) is 6. The van der Waals surface area contributed by atoms with E-state index in [0.29, 0.717) is 21.2 Å². The van der Waals surface area contributed by atoms with E-state index in [1.807, 2.05) is 0 Å². The summed E-state index contributed by atoms with van der Waals surface area (Å²) < 4.78 is 33.8. The number of ether oxygens (including phenoxy) is 1. The molecule has 0 saturated carbocycles. The van der Waals surface area contributed by atoms with Crippen LogP contribution in [0.2, 0.25) is 10.0 Å². The number of anilines is 1. The summed E-state index contributed by atoms with van der Waals surface area (Å²) in [4.78, 5) is 31.2. The summed E-state index contributed by atoms with van der Waals surface area (Å²) in [7, 11) is -3.83. The summed E-state index contributed by atoms with van der Waals surface area (Å²) in [5.41, 5.74) is 1.27. The van der Waals surface area contributed by atoms with Crippen LogP contribution in [0.4, 0.5) is 5.82 Å². The molecule has 2 aliphatic heterocycles. The molecule has 1 amide bonds. The fourth-order valence-electron chi connectivity index (χ4n) is 5.00. The second-order valence-corrected chi connectivity index (χ2v) is 11.9. The normalized spacial score (nSPS) is 24.9. The molecule has 2 aromatic carbocycles. The van der Waals surface area contributed by atoms with Gasteiger partial charge in [-0.2, -0.15) is 0 Å². The molecular weight excluding hydrogens is 553 g/mol. The number of aliphatic carboxylic acids is 1. The van der Waals surface area contributed by atoms with Crippen LogP contribution in [-0.4, -0.2) is 59.7 Å². The Labute approximate surface area is 229 Å². The first kappa shape index (κ1) is 26.4. The molecule has 2 aliphatic rings. The van der Waals surface area contributed by atoms with E-state index in [4.69, 9.17) is 27.9 Å². The van der Waals surface area contributed by atoms with Gasteiger partial charge in [0.15, 0.2) is 0 Å². The summed E-state index contributed by atoms with van der Waals surface area (Å²) in [5.74, 6) is -1.94. The molecule has 3 heterocycles. The van der Waals surface area contributed by atoms with Gasteiger partial charge in [0.2, 0.25) is 10.0 Å². The number of hydrogen-bond donors (Lipinski definition) is 1.